The number of aryl methyl sites for hydroxylation is 1. The van der Waals surface area contributed by atoms with E-state index in [4.69, 9.17) is 9.72 Å². The molecule has 0 saturated carbocycles. The summed E-state index contributed by atoms with van der Waals surface area (Å²) in [5.41, 5.74) is 16.7. The summed E-state index contributed by atoms with van der Waals surface area (Å²) in [7, 11) is 0. The van der Waals surface area contributed by atoms with Crippen molar-refractivity contribution in [2.75, 3.05) is 16.5 Å². The highest BCUT2D eigenvalue weighted by atomic mass is 16.5. The molecular formula is C61H60N4O. The number of aromatic nitrogens is 2. The van der Waals surface area contributed by atoms with E-state index in [2.05, 4.69) is 247 Å². The summed E-state index contributed by atoms with van der Waals surface area (Å²) in [4.78, 5) is 10.0. The topological polar surface area (TPSA) is 33.5 Å². The van der Waals surface area contributed by atoms with Gasteiger partial charge in [0.05, 0.1) is 22.4 Å². The number of ether oxygens (including phenoxy) is 1. The molecule has 7 aromatic carbocycles. The molecule has 66 heavy (non-hydrogen) atoms. The van der Waals surface area contributed by atoms with E-state index in [1.54, 1.807) is 0 Å². The Balaban J connectivity index is 1.03. The highest BCUT2D eigenvalue weighted by Crippen LogP contribution is 2.47. The highest BCUT2D eigenvalue weighted by Gasteiger charge is 2.31. The van der Waals surface area contributed by atoms with Crippen molar-refractivity contribution in [3.63, 3.8) is 0 Å². The van der Waals surface area contributed by atoms with Crippen molar-refractivity contribution in [2.45, 2.75) is 85.5 Å². The lowest BCUT2D eigenvalue weighted by molar-refractivity contribution is 0.483. The molecule has 0 unspecified atom stereocenters. The van der Waals surface area contributed by atoms with Crippen LogP contribution >= 0.6 is 0 Å². The molecule has 0 bridgehead atoms. The Labute approximate surface area is 391 Å². The number of anilines is 4. The van der Waals surface area contributed by atoms with Crippen LogP contribution in [0.1, 0.15) is 84.6 Å². The van der Waals surface area contributed by atoms with Crippen molar-refractivity contribution >= 4 is 44.6 Å². The van der Waals surface area contributed by atoms with Gasteiger partial charge in [-0.2, -0.15) is 0 Å². The highest BCUT2D eigenvalue weighted by molar-refractivity contribution is 6.10. The number of hydrogen-bond donors (Lipinski definition) is 0. The first kappa shape index (κ1) is 42.8. The molecule has 10 rings (SSSR count). The summed E-state index contributed by atoms with van der Waals surface area (Å²) in [6.45, 7) is 23.3. The smallest absolute Gasteiger partial charge is 0.137 e. The molecule has 0 amide bonds. The van der Waals surface area contributed by atoms with Crippen LogP contribution in [-0.4, -0.2) is 16.2 Å². The van der Waals surface area contributed by atoms with Crippen LogP contribution in [0.4, 0.5) is 22.7 Å². The Kier molecular flexibility index (Phi) is 10.4. The zero-order chi connectivity index (χ0) is 46.1. The average Bonchev–Trinajstić information content (AvgIpc) is 3.84. The van der Waals surface area contributed by atoms with E-state index in [0.29, 0.717) is 6.67 Å². The summed E-state index contributed by atoms with van der Waals surface area (Å²) < 4.78 is 9.13. The zero-order valence-corrected chi connectivity index (χ0v) is 40.1. The lowest BCUT2D eigenvalue weighted by Crippen LogP contribution is -2.24. The molecule has 1 aliphatic rings. The summed E-state index contributed by atoms with van der Waals surface area (Å²) in [6, 6.07) is 59.5. The van der Waals surface area contributed by atoms with Crippen molar-refractivity contribution < 1.29 is 4.74 Å². The number of nitrogens with zero attached hydrogens (tertiary/aromatic N) is 4. The first-order chi connectivity index (χ1) is 31.5. The molecule has 1 aliphatic heterocycles. The largest absolute Gasteiger partial charge is 0.457 e. The maximum absolute atomic E-state index is 6.84. The quantitative estimate of drug-likeness (QED) is 0.160. The van der Waals surface area contributed by atoms with Gasteiger partial charge in [-0.15, -0.1) is 0 Å². The third-order valence-electron chi connectivity index (χ3n) is 13.3. The van der Waals surface area contributed by atoms with E-state index in [0.717, 1.165) is 45.0 Å². The predicted octanol–water partition coefficient (Wildman–Crippen LogP) is 16.8. The second-order valence-electron chi connectivity index (χ2n) is 21.1. The molecule has 9 aromatic rings. The fraction of sp³-hybridized carbons (Fsp3) is 0.230. The molecule has 0 fully saturated rings. The molecular weight excluding hydrogens is 805 g/mol. The standard InChI is InChI=1S/C61H60N4O/c1-40-32-58(62-38-53(40)42-22-25-44(26-23-42)59(2,3)4)65-54-30-24-43(41-16-12-11-13-17-41)33-52(54)51-29-28-50(37-56(51)65)66-49-21-15-20-48(36-49)63-39-64(47-19-14-18-45(34-47)60(5,6)7)57-35-46(61(8,9)10)27-31-55(57)63/h11-38H,39H2,1-10H3. The van der Waals surface area contributed by atoms with Crippen LogP contribution in [0, 0.1) is 6.92 Å². The molecule has 0 N–H and O–H groups in total. The summed E-state index contributed by atoms with van der Waals surface area (Å²) in [5.74, 6) is 2.41. The van der Waals surface area contributed by atoms with Gasteiger partial charge in [-0.25, -0.2) is 4.98 Å². The van der Waals surface area contributed by atoms with E-state index in [9.17, 15) is 0 Å². The molecule has 5 heteroatoms. The second-order valence-corrected chi connectivity index (χ2v) is 21.1. The van der Waals surface area contributed by atoms with Crippen molar-refractivity contribution in [3.05, 3.63) is 192 Å². The summed E-state index contributed by atoms with van der Waals surface area (Å²) in [6.07, 6.45) is 2.03. The van der Waals surface area contributed by atoms with Gasteiger partial charge in [0, 0.05) is 46.0 Å². The predicted molar refractivity (Wildman–Crippen MR) is 279 cm³/mol. The molecule has 0 aliphatic carbocycles. The third-order valence-corrected chi connectivity index (χ3v) is 13.3. The van der Waals surface area contributed by atoms with Gasteiger partial charge in [0.1, 0.15) is 24.0 Å². The van der Waals surface area contributed by atoms with Crippen LogP contribution < -0.4 is 14.5 Å². The van der Waals surface area contributed by atoms with Gasteiger partial charge in [0.15, 0.2) is 0 Å². The Bertz CT molecular complexity index is 3270. The van der Waals surface area contributed by atoms with Crippen LogP contribution in [0.15, 0.2) is 170 Å². The maximum atomic E-state index is 6.84. The van der Waals surface area contributed by atoms with Crippen LogP contribution in [-0.2, 0) is 16.2 Å². The third kappa shape index (κ3) is 8.02. The molecule has 5 nitrogen and oxygen atoms in total. The fourth-order valence-electron chi connectivity index (χ4n) is 9.40. The van der Waals surface area contributed by atoms with E-state index in [-0.39, 0.29) is 16.2 Å². The number of benzene rings is 7. The molecule has 3 heterocycles. The Morgan fingerprint density at radius 2 is 1.09 bits per heavy atom. The minimum Gasteiger partial charge on any atom is -0.457 e. The number of rotatable bonds is 7. The van der Waals surface area contributed by atoms with Gasteiger partial charge in [-0.3, -0.25) is 4.57 Å². The zero-order valence-electron chi connectivity index (χ0n) is 40.1. The minimum absolute atomic E-state index is 0.0173. The van der Waals surface area contributed by atoms with Crippen LogP contribution in [0.25, 0.3) is 49.9 Å². The van der Waals surface area contributed by atoms with Crippen molar-refractivity contribution in [1.82, 2.24) is 9.55 Å². The first-order valence-electron chi connectivity index (χ1n) is 23.3. The summed E-state index contributed by atoms with van der Waals surface area (Å²) >= 11 is 0. The van der Waals surface area contributed by atoms with Gasteiger partial charge in [-0.05, 0) is 129 Å². The Morgan fingerprint density at radius 3 is 1.80 bits per heavy atom. The first-order valence-corrected chi connectivity index (χ1v) is 23.3. The maximum Gasteiger partial charge on any atom is 0.137 e. The van der Waals surface area contributed by atoms with E-state index in [1.807, 2.05) is 6.20 Å². The molecule has 0 spiro atoms. The van der Waals surface area contributed by atoms with E-state index < -0.39 is 0 Å². The lowest BCUT2D eigenvalue weighted by Gasteiger charge is -2.26. The number of pyridine rings is 1. The van der Waals surface area contributed by atoms with Gasteiger partial charge in [0.2, 0.25) is 0 Å². The number of fused-ring (bicyclic) bond motifs is 4. The summed E-state index contributed by atoms with van der Waals surface area (Å²) in [5, 5.41) is 2.31. The van der Waals surface area contributed by atoms with E-state index in [1.165, 1.54) is 61.4 Å². The van der Waals surface area contributed by atoms with Gasteiger partial charge in [-0.1, -0.05) is 147 Å². The lowest BCUT2D eigenvalue weighted by atomic mass is 9.86. The minimum atomic E-state index is 0.0173. The van der Waals surface area contributed by atoms with Gasteiger partial charge >= 0.3 is 0 Å². The van der Waals surface area contributed by atoms with Crippen molar-refractivity contribution in [1.29, 1.82) is 0 Å². The van der Waals surface area contributed by atoms with Gasteiger partial charge < -0.3 is 14.5 Å². The van der Waals surface area contributed by atoms with Crippen LogP contribution in [0.3, 0.4) is 0 Å². The van der Waals surface area contributed by atoms with Crippen LogP contribution in [0.2, 0.25) is 0 Å². The molecule has 330 valence electrons. The number of hydrogen-bond acceptors (Lipinski definition) is 4. The normalized spacial score (nSPS) is 13.2. The Hall–Kier alpha value is -7.11. The van der Waals surface area contributed by atoms with E-state index >= 15 is 0 Å². The van der Waals surface area contributed by atoms with Gasteiger partial charge in [0.25, 0.3) is 0 Å². The van der Waals surface area contributed by atoms with Crippen molar-refractivity contribution in [2.24, 2.45) is 0 Å². The molecule has 0 radical (unpaired) electrons. The van der Waals surface area contributed by atoms with Crippen LogP contribution in [0.5, 0.6) is 11.5 Å². The second kappa shape index (κ2) is 16.1. The average molecular weight is 865 g/mol. The molecule has 2 aromatic heterocycles. The monoisotopic (exact) mass is 864 g/mol. The van der Waals surface area contributed by atoms with Crippen molar-refractivity contribution in [3.8, 4) is 39.6 Å². The molecule has 0 saturated heterocycles. The fourth-order valence-corrected chi connectivity index (χ4v) is 9.40. The molecule has 0 atom stereocenters. The Morgan fingerprint density at radius 1 is 0.455 bits per heavy atom. The SMILES string of the molecule is Cc1cc(-n2c3ccc(-c4ccccc4)cc3c3ccc(Oc4cccc(N5CN(c6cccc(C(C)(C)C)c6)c6cc(C(C)(C)C)ccc65)c4)cc32)ncc1-c1ccc(C(C)(C)C)cc1.